The SMILES string of the molecule is COC1CC(NCC(=O)N2CCCC2)C1. The zero-order valence-electron chi connectivity index (χ0n) is 9.37. The number of carbonyl (C=O) groups is 1. The van der Waals surface area contributed by atoms with E-state index in [1.165, 1.54) is 12.8 Å². The van der Waals surface area contributed by atoms with E-state index in [2.05, 4.69) is 5.32 Å². The summed E-state index contributed by atoms with van der Waals surface area (Å²) in [5.74, 6) is 0.258. The van der Waals surface area contributed by atoms with Gasteiger partial charge in [0.15, 0.2) is 0 Å². The maximum Gasteiger partial charge on any atom is 0.236 e. The van der Waals surface area contributed by atoms with Gasteiger partial charge in [0, 0.05) is 26.2 Å². The van der Waals surface area contributed by atoms with Crippen molar-refractivity contribution in [1.82, 2.24) is 10.2 Å². The molecule has 2 rings (SSSR count). The number of hydrogen-bond acceptors (Lipinski definition) is 3. The number of nitrogens with one attached hydrogen (secondary N) is 1. The first-order valence-electron chi connectivity index (χ1n) is 5.83. The van der Waals surface area contributed by atoms with Crippen molar-refractivity contribution in [3.05, 3.63) is 0 Å². The summed E-state index contributed by atoms with van der Waals surface area (Å²) in [5, 5.41) is 3.29. The summed E-state index contributed by atoms with van der Waals surface area (Å²) in [6, 6.07) is 0.488. The quantitative estimate of drug-likeness (QED) is 0.732. The van der Waals surface area contributed by atoms with E-state index in [1.807, 2.05) is 4.90 Å². The van der Waals surface area contributed by atoms with E-state index in [0.29, 0.717) is 18.7 Å². The van der Waals surface area contributed by atoms with Gasteiger partial charge in [-0.15, -0.1) is 0 Å². The molecule has 86 valence electrons. The molecule has 1 amide bonds. The Kier molecular flexibility index (Phi) is 3.59. The molecule has 1 aliphatic carbocycles. The largest absolute Gasteiger partial charge is 0.381 e. The molecule has 1 saturated heterocycles. The first kappa shape index (κ1) is 10.9. The van der Waals surface area contributed by atoms with Crippen LogP contribution in [0.4, 0.5) is 0 Å². The smallest absolute Gasteiger partial charge is 0.236 e. The molecule has 0 aromatic rings. The summed E-state index contributed by atoms with van der Waals surface area (Å²) in [4.78, 5) is 13.6. The molecule has 1 aliphatic heterocycles. The van der Waals surface area contributed by atoms with Crippen LogP contribution in [0.2, 0.25) is 0 Å². The van der Waals surface area contributed by atoms with Crippen molar-refractivity contribution in [2.45, 2.75) is 37.8 Å². The minimum Gasteiger partial charge on any atom is -0.381 e. The van der Waals surface area contributed by atoms with Crippen molar-refractivity contribution in [3.8, 4) is 0 Å². The second-order valence-corrected chi connectivity index (χ2v) is 4.49. The van der Waals surface area contributed by atoms with Crippen molar-refractivity contribution in [2.75, 3.05) is 26.7 Å². The highest BCUT2D eigenvalue weighted by Crippen LogP contribution is 2.22. The van der Waals surface area contributed by atoms with Gasteiger partial charge in [0.05, 0.1) is 12.6 Å². The molecule has 0 bridgehead atoms. The standard InChI is InChI=1S/C11H20N2O2/c1-15-10-6-9(7-10)12-8-11(14)13-4-2-3-5-13/h9-10,12H,2-8H2,1H3. The Morgan fingerprint density at radius 1 is 1.40 bits per heavy atom. The van der Waals surface area contributed by atoms with Gasteiger partial charge in [-0.1, -0.05) is 0 Å². The number of amides is 1. The molecular weight excluding hydrogens is 192 g/mol. The van der Waals surface area contributed by atoms with Crippen LogP contribution in [-0.2, 0) is 9.53 Å². The second kappa shape index (κ2) is 4.94. The summed E-state index contributed by atoms with van der Waals surface area (Å²) >= 11 is 0. The van der Waals surface area contributed by atoms with Crippen LogP contribution in [0, 0.1) is 0 Å². The molecule has 0 aromatic carbocycles. The van der Waals surface area contributed by atoms with Crippen LogP contribution in [0.1, 0.15) is 25.7 Å². The molecule has 4 nitrogen and oxygen atoms in total. The molecule has 0 radical (unpaired) electrons. The number of methoxy groups -OCH3 is 1. The second-order valence-electron chi connectivity index (χ2n) is 4.49. The molecule has 2 aliphatic rings. The molecule has 4 heteroatoms. The molecule has 1 saturated carbocycles. The Balaban J connectivity index is 1.59. The Morgan fingerprint density at radius 2 is 2.07 bits per heavy atom. The summed E-state index contributed by atoms with van der Waals surface area (Å²) < 4.78 is 5.19. The molecule has 1 N–H and O–H groups in total. The predicted octanol–water partition coefficient (Wildman–Crippen LogP) is 0.376. The van der Waals surface area contributed by atoms with Gasteiger partial charge >= 0.3 is 0 Å². The lowest BCUT2D eigenvalue weighted by Gasteiger charge is -2.34. The lowest BCUT2D eigenvalue weighted by Crippen LogP contribution is -2.48. The topological polar surface area (TPSA) is 41.6 Å². The van der Waals surface area contributed by atoms with Gasteiger partial charge in [0.25, 0.3) is 0 Å². The number of nitrogens with zero attached hydrogens (tertiary/aromatic N) is 1. The van der Waals surface area contributed by atoms with Gasteiger partial charge < -0.3 is 15.0 Å². The van der Waals surface area contributed by atoms with Crippen LogP contribution in [0.3, 0.4) is 0 Å². The lowest BCUT2D eigenvalue weighted by molar-refractivity contribution is -0.129. The van der Waals surface area contributed by atoms with Crippen molar-refractivity contribution >= 4 is 5.91 Å². The van der Waals surface area contributed by atoms with Gasteiger partial charge in [-0.05, 0) is 25.7 Å². The van der Waals surface area contributed by atoms with Crippen LogP contribution in [0.25, 0.3) is 0 Å². The van der Waals surface area contributed by atoms with E-state index in [1.54, 1.807) is 7.11 Å². The Bertz CT molecular complexity index is 221. The summed E-state index contributed by atoms with van der Waals surface area (Å²) in [6.45, 7) is 2.40. The molecule has 0 unspecified atom stereocenters. The number of carbonyl (C=O) groups excluding carboxylic acids is 1. The zero-order valence-corrected chi connectivity index (χ0v) is 9.37. The van der Waals surface area contributed by atoms with E-state index in [4.69, 9.17) is 4.74 Å². The predicted molar refractivity (Wildman–Crippen MR) is 57.6 cm³/mol. The van der Waals surface area contributed by atoms with Crippen molar-refractivity contribution in [2.24, 2.45) is 0 Å². The Hall–Kier alpha value is -0.610. The maximum atomic E-state index is 11.7. The number of hydrogen-bond donors (Lipinski definition) is 1. The van der Waals surface area contributed by atoms with Gasteiger partial charge in [0.2, 0.25) is 5.91 Å². The highest BCUT2D eigenvalue weighted by Gasteiger charge is 2.29. The fourth-order valence-electron chi connectivity index (χ4n) is 2.23. The van der Waals surface area contributed by atoms with E-state index in [9.17, 15) is 4.79 Å². The van der Waals surface area contributed by atoms with Crippen LogP contribution < -0.4 is 5.32 Å². The molecule has 2 fully saturated rings. The third-order valence-corrected chi connectivity index (χ3v) is 3.43. The molecule has 0 spiro atoms. The Morgan fingerprint density at radius 3 is 2.67 bits per heavy atom. The zero-order chi connectivity index (χ0) is 10.7. The van der Waals surface area contributed by atoms with E-state index in [0.717, 1.165) is 25.9 Å². The third kappa shape index (κ3) is 2.69. The monoisotopic (exact) mass is 212 g/mol. The molecule has 15 heavy (non-hydrogen) atoms. The van der Waals surface area contributed by atoms with Gasteiger partial charge in [0.1, 0.15) is 0 Å². The lowest BCUT2D eigenvalue weighted by atomic mass is 9.89. The highest BCUT2D eigenvalue weighted by atomic mass is 16.5. The number of rotatable bonds is 4. The summed E-state index contributed by atoms with van der Waals surface area (Å²) in [5.41, 5.74) is 0. The van der Waals surface area contributed by atoms with Crippen LogP contribution in [-0.4, -0.2) is 49.7 Å². The molecule has 1 heterocycles. The van der Waals surface area contributed by atoms with E-state index >= 15 is 0 Å². The van der Waals surface area contributed by atoms with Crippen molar-refractivity contribution in [1.29, 1.82) is 0 Å². The van der Waals surface area contributed by atoms with Gasteiger partial charge in [-0.2, -0.15) is 0 Å². The molecular formula is C11H20N2O2. The maximum absolute atomic E-state index is 11.7. The third-order valence-electron chi connectivity index (χ3n) is 3.43. The first-order chi connectivity index (χ1) is 7.29. The van der Waals surface area contributed by atoms with Crippen LogP contribution >= 0.6 is 0 Å². The van der Waals surface area contributed by atoms with E-state index in [-0.39, 0.29) is 5.91 Å². The summed E-state index contributed by atoms with van der Waals surface area (Å²) in [6.07, 6.45) is 4.83. The van der Waals surface area contributed by atoms with Gasteiger partial charge in [-0.3, -0.25) is 4.79 Å². The molecule has 0 atom stereocenters. The average molecular weight is 212 g/mol. The minimum absolute atomic E-state index is 0.258. The number of likely N-dealkylation sites (tertiary alicyclic amines) is 1. The molecule has 0 aromatic heterocycles. The van der Waals surface area contributed by atoms with Crippen LogP contribution in [0.5, 0.6) is 0 Å². The Labute approximate surface area is 91.0 Å². The highest BCUT2D eigenvalue weighted by molar-refractivity contribution is 5.78. The summed E-state index contributed by atoms with van der Waals surface area (Å²) in [7, 11) is 1.75. The van der Waals surface area contributed by atoms with Crippen molar-refractivity contribution < 1.29 is 9.53 Å². The van der Waals surface area contributed by atoms with Crippen molar-refractivity contribution in [3.63, 3.8) is 0 Å². The minimum atomic E-state index is 0.258. The average Bonchev–Trinajstić information content (AvgIpc) is 2.68. The van der Waals surface area contributed by atoms with E-state index < -0.39 is 0 Å². The normalized spacial score (nSPS) is 30.3. The van der Waals surface area contributed by atoms with Gasteiger partial charge in [-0.25, -0.2) is 0 Å². The fraction of sp³-hybridized carbons (Fsp3) is 0.909. The first-order valence-corrected chi connectivity index (χ1v) is 5.83. The fourth-order valence-corrected chi connectivity index (χ4v) is 2.23. The van der Waals surface area contributed by atoms with Crippen LogP contribution in [0.15, 0.2) is 0 Å². The number of ether oxygens (including phenoxy) is 1.